The standard InChI is InChI=1S/C31H29N5O6S3/c1-42-31(38)35-25(18-20-7-3-2-4-8-20)29(37)33-24(17-21-10-12-22(13-11-21)36-45(39,40)41)26-19-43-30(34-26)28-15-14-27(44-28)23-9-5-6-16-32-23/h2-16,19,24-25,36H,17-18H2,1H3,(H,33,37)(H,35,38)(H,39,40,41)/t24-,25-/m0/s1. The second-order valence-electron chi connectivity index (χ2n) is 9.87. The quantitative estimate of drug-likeness (QED) is 0.127. The van der Waals surface area contributed by atoms with Gasteiger partial charge >= 0.3 is 16.4 Å². The number of carbonyl (C=O) groups is 2. The molecule has 3 aromatic heterocycles. The summed E-state index contributed by atoms with van der Waals surface area (Å²) in [5.41, 5.74) is 3.29. The number of hydrogen-bond acceptors (Lipinski definition) is 9. The van der Waals surface area contributed by atoms with Crippen LogP contribution in [-0.2, 0) is 32.7 Å². The molecule has 14 heteroatoms. The van der Waals surface area contributed by atoms with Gasteiger partial charge in [0.2, 0.25) is 5.91 Å². The Labute approximate surface area is 268 Å². The van der Waals surface area contributed by atoms with Crippen molar-refractivity contribution in [2.75, 3.05) is 11.8 Å². The van der Waals surface area contributed by atoms with Gasteiger partial charge in [-0.3, -0.25) is 19.1 Å². The molecule has 0 unspecified atom stereocenters. The van der Waals surface area contributed by atoms with Crippen LogP contribution < -0.4 is 15.4 Å². The van der Waals surface area contributed by atoms with E-state index in [4.69, 9.17) is 14.3 Å². The van der Waals surface area contributed by atoms with Crippen molar-refractivity contribution in [1.29, 1.82) is 0 Å². The molecule has 3 heterocycles. The smallest absolute Gasteiger partial charge is 0.407 e. The molecule has 5 rings (SSSR count). The molecule has 0 aliphatic carbocycles. The molecule has 2 amide bonds. The third-order valence-corrected chi connectivity index (χ3v) is 9.28. The summed E-state index contributed by atoms with van der Waals surface area (Å²) in [6.45, 7) is 0. The van der Waals surface area contributed by atoms with Crippen molar-refractivity contribution in [2.45, 2.75) is 24.9 Å². The molecule has 5 aromatic rings. The SMILES string of the molecule is COC(=O)N[C@@H](Cc1ccccc1)C(=O)N[C@@H](Cc1ccc(NS(=O)(=O)O)cc1)c1csc(-c2ccc(-c3ccccn3)s2)n1. The summed E-state index contributed by atoms with van der Waals surface area (Å²) < 4.78 is 38.3. The van der Waals surface area contributed by atoms with Gasteiger partial charge < -0.3 is 15.4 Å². The lowest BCUT2D eigenvalue weighted by Gasteiger charge is -2.23. The number of amides is 2. The number of ether oxygens (including phenoxy) is 1. The third kappa shape index (κ3) is 8.95. The van der Waals surface area contributed by atoms with Gasteiger partial charge in [0.1, 0.15) is 11.0 Å². The van der Waals surface area contributed by atoms with E-state index in [-0.39, 0.29) is 12.1 Å². The molecule has 45 heavy (non-hydrogen) atoms. The number of alkyl carbamates (subject to hydrolysis) is 1. The fourth-order valence-corrected chi connectivity index (χ4v) is 6.88. The lowest BCUT2D eigenvalue weighted by molar-refractivity contribution is -0.123. The Morgan fingerprint density at radius 3 is 2.29 bits per heavy atom. The molecule has 0 saturated carbocycles. The van der Waals surface area contributed by atoms with Gasteiger partial charge in [0, 0.05) is 18.0 Å². The minimum Gasteiger partial charge on any atom is -0.453 e. The Balaban J connectivity index is 1.41. The van der Waals surface area contributed by atoms with Crippen LogP contribution in [0.1, 0.15) is 22.9 Å². The summed E-state index contributed by atoms with van der Waals surface area (Å²) in [6.07, 6.45) is 1.55. The molecule has 0 bridgehead atoms. The van der Waals surface area contributed by atoms with Gasteiger partial charge in [-0.2, -0.15) is 8.42 Å². The van der Waals surface area contributed by atoms with Crippen molar-refractivity contribution in [2.24, 2.45) is 0 Å². The van der Waals surface area contributed by atoms with E-state index in [9.17, 15) is 18.0 Å². The number of thiazole rings is 1. The van der Waals surface area contributed by atoms with E-state index < -0.39 is 34.4 Å². The highest BCUT2D eigenvalue weighted by atomic mass is 32.2. The van der Waals surface area contributed by atoms with Crippen LogP contribution in [0.4, 0.5) is 10.5 Å². The highest BCUT2D eigenvalue weighted by Gasteiger charge is 2.26. The first-order chi connectivity index (χ1) is 21.7. The van der Waals surface area contributed by atoms with Crippen LogP contribution >= 0.6 is 22.7 Å². The van der Waals surface area contributed by atoms with E-state index in [1.807, 2.05) is 70.8 Å². The summed E-state index contributed by atoms with van der Waals surface area (Å²) in [4.78, 5) is 37.1. The molecule has 0 aliphatic rings. The van der Waals surface area contributed by atoms with Gasteiger partial charge in [-0.25, -0.2) is 9.78 Å². The van der Waals surface area contributed by atoms with Gasteiger partial charge in [0.15, 0.2) is 0 Å². The van der Waals surface area contributed by atoms with Crippen molar-refractivity contribution >= 4 is 50.7 Å². The fraction of sp³-hybridized carbons (Fsp3) is 0.161. The molecule has 0 spiro atoms. The minimum atomic E-state index is -4.42. The normalized spacial score (nSPS) is 12.6. The molecular weight excluding hydrogens is 635 g/mol. The van der Waals surface area contributed by atoms with Crippen LogP contribution in [-0.4, -0.2) is 48.1 Å². The lowest BCUT2D eigenvalue weighted by Crippen LogP contribution is -2.49. The molecule has 0 aliphatic heterocycles. The molecule has 4 N–H and O–H groups in total. The first-order valence-corrected chi connectivity index (χ1v) is 16.8. The summed E-state index contributed by atoms with van der Waals surface area (Å²) >= 11 is 3.01. The summed E-state index contributed by atoms with van der Waals surface area (Å²) in [7, 11) is -3.19. The van der Waals surface area contributed by atoms with Crippen LogP contribution in [0.5, 0.6) is 0 Å². The Morgan fingerprint density at radius 2 is 1.60 bits per heavy atom. The molecule has 2 aromatic carbocycles. The molecular formula is C31H29N5O6S3. The van der Waals surface area contributed by atoms with E-state index >= 15 is 0 Å². The Bertz CT molecular complexity index is 1850. The number of nitrogens with zero attached hydrogens (tertiary/aromatic N) is 2. The molecule has 11 nitrogen and oxygen atoms in total. The average Bonchev–Trinajstić information content (AvgIpc) is 3.72. The van der Waals surface area contributed by atoms with Crippen molar-refractivity contribution in [1.82, 2.24) is 20.6 Å². The number of pyridine rings is 1. The zero-order valence-electron chi connectivity index (χ0n) is 23.9. The summed E-state index contributed by atoms with van der Waals surface area (Å²) in [5.74, 6) is -0.429. The highest BCUT2D eigenvalue weighted by Crippen LogP contribution is 2.36. The highest BCUT2D eigenvalue weighted by molar-refractivity contribution is 7.87. The van der Waals surface area contributed by atoms with Gasteiger partial charge in [-0.15, -0.1) is 22.7 Å². The Hall–Kier alpha value is -4.63. The summed E-state index contributed by atoms with van der Waals surface area (Å²) in [5, 5.41) is 8.35. The van der Waals surface area contributed by atoms with Crippen molar-refractivity contribution in [3.8, 4) is 20.5 Å². The molecule has 0 fully saturated rings. The second-order valence-corrected chi connectivity index (χ2v) is 13.0. The number of benzene rings is 2. The topological polar surface area (TPSA) is 160 Å². The number of thiophene rings is 1. The number of nitrogens with one attached hydrogen (secondary N) is 3. The maximum Gasteiger partial charge on any atom is 0.407 e. The lowest BCUT2D eigenvalue weighted by atomic mass is 10.0. The van der Waals surface area contributed by atoms with Crippen LogP contribution in [0.3, 0.4) is 0 Å². The number of hydrogen-bond donors (Lipinski definition) is 4. The molecule has 0 saturated heterocycles. The van der Waals surface area contributed by atoms with Crippen LogP contribution in [0.2, 0.25) is 0 Å². The zero-order chi connectivity index (χ0) is 31.8. The van der Waals surface area contributed by atoms with Crippen LogP contribution in [0, 0.1) is 0 Å². The van der Waals surface area contributed by atoms with Crippen LogP contribution in [0.15, 0.2) is 96.5 Å². The molecule has 232 valence electrons. The predicted octanol–water partition coefficient (Wildman–Crippen LogP) is 5.52. The monoisotopic (exact) mass is 663 g/mol. The van der Waals surface area contributed by atoms with E-state index in [1.54, 1.807) is 29.7 Å². The molecule has 0 radical (unpaired) electrons. The molecule has 2 atom stereocenters. The van der Waals surface area contributed by atoms with Crippen LogP contribution in [0.25, 0.3) is 20.5 Å². The minimum absolute atomic E-state index is 0.185. The maximum atomic E-state index is 13.7. The average molecular weight is 664 g/mol. The predicted molar refractivity (Wildman–Crippen MR) is 174 cm³/mol. The van der Waals surface area contributed by atoms with E-state index in [0.29, 0.717) is 12.1 Å². The first-order valence-electron chi connectivity index (χ1n) is 13.7. The maximum absolute atomic E-state index is 13.7. The van der Waals surface area contributed by atoms with Crippen molar-refractivity contribution in [3.63, 3.8) is 0 Å². The Morgan fingerprint density at radius 1 is 0.889 bits per heavy atom. The van der Waals surface area contributed by atoms with E-state index in [2.05, 4.69) is 15.6 Å². The largest absolute Gasteiger partial charge is 0.453 e. The van der Waals surface area contributed by atoms with Gasteiger partial charge in [-0.05, 0) is 53.9 Å². The number of methoxy groups -OCH3 is 1. The second kappa shape index (κ2) is 14.4. The first kappa shape index (κ1) is 31.8. The summed E-state index contributed by atoms with van der Waals surface area (Å²) in [6, 6.07) is 23.9. The number of anilines is 1. The third-order valence-electron chi connectivity index (χ3n) is 6.65. The van der Waals surface area contributed by atoms with Crippen molar-refractivity contribution < 1.29 is 27.3 Å². The zero-order valence-corrected chi connectivity index (χ0v) is 26.4. The van der Waals surface area contributed by atoms with Gasteiger partial charge in [-0.1, -0.05) is 48.5 Å². The van der Waals surface area contributed by atoms with Gasteiger partial charge in [0.25, 0.3) is 0 Å². The van der Waals surface area contributed by atoms with E-state index in [1.165, 1.54) is 30.6 Å². The Kier molecular flexibility index (Phi) is 10.2. The number of aromatic nitrogens is 2. The number of carbonyl (C=O) groups excluding carboxylic acids is 2. The fourth-order valence-electron chi connectivity index (χ4n) is 4.51. The van der Waals surface area contributed by atoms with Gasteiger partial charge in [0.05, 0.1) is 40.0 Å². The number of rotatable bonds is 12. The van der Waals surface area contributed by atoms with E-state index in [0.717, 1.165) is 31.6 Å². The van der Waals surface area contributed by atoms with Crippen molar-refractivity contribution in [3.05, 3.63) is 113 Å².